The standard InChI is InChI=1S/C15H26N2O3/c1-11-4-3-7-17(10-11)14(18)9-16-8-12-5-2-6-13(12)15(19)20/h11-13,16H,2-10H2,1H3,(H,19,20). The molecule has 5 heteroatoms. The van der Waals surface area contributed by atoms with Crippen molar-refractivity contribution in [3.05, 3.63) is 0 Å². The zero-order valence-electron chi connectivity index (χ0n) is 12.3. The Morgan fingerprint density at radius 3 is 2.75 bits per heavy atom. The van der Waals surface area contributed by atoms with Crippen molar-refractivity contribution in [1.82, 2.24) is 10.2 Å². The highest BCUT2D eigenvalue weighted by Gasteiger charge is 2.32. The molecule has 5 nitrogen and oxygen atoms in total. The minimum atomic E-state index is -0.689. The molecule has 2 fully saturated rings. The number of carboxylic acid groups (broad SMARTS) is 1. The van der Waals surface area contributed by atoms with Crippen molar-refractivity contribution in [2.75, 3.05) is 26.2 Å². The van der Waals surface area contributed by atoms with Crippen molar-refractivity contribution in [2.24, 2.45) is 17.8 Å². The number of aliphatic carboxylic acids is 1. The third-order valence-corrected chi connectivity index (χ3v) is 4.67. The van der Waals surface area contributed by atoms with E-state index in [1.54, 1.807) is 0 Å². The maximum atomic E-state index is 12.1. The fourth-order valence-electron chi connectivity index (χ4n) is 3.50. The van der Waals surface area contributed by atoms with Gasteiger partial charge in [-0.1, -0.05) is 13.3 Å². The highest BCUT2D eigenvalue weighted by molar-refractivity contribution is 5.78. The summed E-state index contributed by atoms with van der Waals surface area (Å²) >= 11 is 0. The van der Waals surface area contributed by atoms with Crippen LogP contribution < -0.4 is 5.32 Å². The van der Waals surface area contributed by atoms with Gasteiger partial charge in [-0.3, -0.25) is 9.59 Å². The second kappa shape index (κ2) is 7.07. The predicted octanol–water partition coefficient (Wildman–Crippen LogP) is 1.34. The molecule has 1 amide bonds. The van der Waals surface area contributed by atoms with Gasteiger partial charge >= 0.3 is 5.97 Å². The zero-order valence-corrected chi connectivity index (χ0v) is 12.3. The minimum absolute atomic E-state index is 0.154. The van der Waals surface area contributed by atoms with Crippen LogP contribution in [0.3, 0.4) is 0 Å². The number of nitrogens with one attached hydrogen (secondary N) is 1. The molecule has 2 N–H and O–H groups in total. The van der Waals surface area contributed by atoms with Crippen LogP contribution in [0.4, 0.5) is 0 Å². The SMILES string of the molecule is CC1CCCN(C(=O)CNCC2CCCC2C(=O)O)C1. The summed E-state index contributed by atoms with van der Waals surface area (Å²) in [7, 11) is 0. The van der Waals surface area contributed by atoms with Crippen LogP contribution in [-0.4, -0.2) is 48.1 Å². The predicted molar refractivity (Wildman–Crippen MR) is 76.3 cm³/mol. The summed E-state index contributed by atoms with van der Waals surface area (Å²) < 4.78 is 0. The number of likely N-dealkylation sites (tertiary alicyclic amines) is 1. The van der Waals surface area contributed by atoms with E-state index in [-0.39, 0.29) is 17.7 Å². The van der Waals surface area contributed by atoms with Crippen LogP contribution in [0.25, 0.3) is 0 Å². The lowest BCUT2D eigenvalue weighted by Crippen LogP contribution is -2.44. The molecule has 1 heterocycles. The van der Waals surface area contributed by atoms with E-state index < -0.39 is 5.97 Å². The lowest BCUT2D eigenvalue weighted by molar-refractivity contribution is -0.142. The van der Waals surface area contributed by atoms with E-state index in [4.69, 9.17) is 5.11 Å². The molecule has 3 atom stereocenters. The number of amides is 1. The molecule has 0 radical (unpaired) electrons. The van der Waals surface area contributed by atoms with Gasteiger partial charge in [-0.25, -0.2) is 0 Å². The fraction of sp³-hybridized carbons (Fsp3) is 0.867. The normalized spacial score (nSPS) is 30.4. The van der Waals surface area contributed by atoms with Gasteiger partial charge in [-0.05, 0) is 44.1 Å². The van der Waals surface area contributed by atoms with Gasteiger partial charge in [-0.2, -0.15) is 0 Å². The van der Waals surface area contributed by atoms with Crippen LogP contribution in [-0.2, 0) is 9.59 Å². The quantitative estimate of drug-likeness (QED) is 0.798. The number of rotatable bonds is 5. The molecule has 0 aromatic heterocycles. The van der Waals surface area contributed by atoms with E-state index in [0.717, 1.165) is 38.8 Å². The van der Waals surface area contributed by atoms with Crippen molar-refractivity contribution in [1.29, 1.82) is 0 Å². The van der Waals surface area contributed by atoms with Gasteiger partial charge < -0.3 is 15.3 Å². The maximum absolute atomic E-state index is 12.1. The van der Waals surface area contributed by atoms with Crippen molar-refractivity contribution in [3.63, 3.8) is 0 Å². The zero-order chi connectivity index (χ0) is 14.5. The van der Waals surface area contributed by atoms with Crippen molar-refractivity contribution >= 4 is 11.9 Å². The third-order valence-electron chi connectivity index (χ3n) is 4.67. The summed E-state index contributed by atoms with van der Waals surface area (Å²) in [6.07, 6.45) is 5.02. The number of carbonyl (C=O) groups is 2. The summed E-state index contributed by atoms with van der Waals surface area (Å²) in [4.78, 5) is 25.1. The van der Waals surface area contributed by atoms with Gasteiger partial charge in [0.05, 0.1) is 12.5 Å². The Morgan fingerprint density at radius 1 is 1.25 bits per heavy atom. The number of hydrogen-bond acceptors (Lipinski definition) is 3. The van der Waals surface area contributed by atoms with Crippen LogP contribution in [0.1, 0.15) is 39.0 Å². The van der Waals surface area contributed by atoms with Gasteiger partial charge in [-0.15, -0.1) is 0 Å². The Kier molecular flexibility index (Phi) is 5.40. The first kappa shape index (κ1) is 15.3. The molecule has 0 bridgehead atoms. The van der Waals surface area contributed by atoms with Gasteiger partial charge in [0.2, 0.25) is 5.91 Å². The Hall–Kier alpha value is -1.10. The molecule has 1 saturated heterocycles. The van der Waals surface area contributed by atoms with E-state index in [2.05, 4.69) is 12.2 Å². The number of carboxylic acids is 1. The molecule has 2 rings (SSSR count). The minimum Gasteiger partial charge on any atom is -0.481 e. The number of carbonyl (C=O) groups excluding carboxylic acids is 1. The van der Waals surface area contributed by atoms with Gasteiger partial charge in [0.15, 0.2) is 0 Å². The fourth-order valence-corrected chi connectivity index (χ4v) is 3.50. The largest absolute Gasteiger partial charge is 0.481 e. The molecule has 0 spiro atoms. The van der Waals surface area contributed by atoms with E-state index in [1.807, 2.05) is 4.90 Å². The number of nitrogens with zero attached hydrogens (tertiary/aromatic N) is 1. The van der Waals surface area contributed by atoms with E-state index >= 15 is 0 Å². The highest BCUT2D eigenvalue weighted by Crippen LogP contribution is 2.31. The Balaban J connectivity index is 1.70. The van der Waals surface area contributed by atoms with E-state index in [1.165, 1.54) is 6.42 Å². The molecule has 3 unspecified atom stereocenters. The summed E-state index contributed by atoms with van der Waals surface area (Å²) in [6, 6.07) is 0. The molecular weight excluding hydrogens is 256 g/mol. The van der Waals surface area contributed by atoms with Gasteiger partial charge in [0, 0.05) is 13.1 Å². The average molecular weight is 282 g/mol. The van der Waals surface area contributed by atoms with E-state index in [9.17, 15) is 9.59 Å². The lowest BCUT2D eigenvalue weighted by atomic mass is 9.96. The second-order valence-corrected chi connectivity index (χ2v) is 6.35. The second-order valence-electron chi connectivity index (χ2n) is 6.35. The maximum Gasteiger partial charge on any atom is 0.306 e. The molecular formula is C15H26N2O3. The molecule has 0 aromatic carbocycles. The van der Waals surface area contributed by atoms with Crippen LogP contribution in [0.2, 0.25) is 0 Å². The first-order chi connectivity index (χ1) is 9.58. The lowest BCUT2D eigenvalue weighted by Gasteiger charge is -2.31. The van der Waals surface area contributed by atoms with Gasteiger partial charge in [0.25, 0.3) is 0 Å². The first-order valence-electron chi connectivity index (χ1n) is 7.79. The number of piperidine rings is 1. The molecule has 2 aliphatic rings. The Labute approximate surface area is 120 Å². The topological polar surface area (TPSA) is 69.6 Å². The summed E-state index contributed by atoms with van der Waals surface area (Å²) in [5.74, 6) is 0.0130. The molecule has 20 heavy (non-hydrogen) atoms. The van der Waals surface area contributed by atoms with Crippen molar-refractivity contribution in [3.8, 4) is 0 Å². The van der Waals surface area contributed by atoms with Crippen LogP contribution in [0.5, 0.6) is 0 Å². The van der Waals surface area contributed by atoms with Crippen LogP contribution >= 0.6 is 0 Å². The molecule has 1 aliphatic carbocycles. The highest BCUT2D eigenvalue weighted by atomic mass is 16.4. The molecule has 0 aromatic rings. The first-order valence-corrected chi connectivity index (χ1v) is 7.79. The van der Waals surface area contributed by atoms with Crippen LogP contribution in [0, 0.1) is 17.8 Å². The smallest absolute Gasteiger partial charge is 0.306 e. The Morgan fingerprint density at radius 2 is 2.05 bits per heavy atom. The molecule has 1 aliphatic heterocycles. The Bertz CT molecular complexity index is 359. The molecule has 1 saturated carbocycles. The van der Waals surface area contributed by atoms with Crippen molar-refractivity contribution in [2.45, 2.75) is 39.0 Å². The summed E-state index contributed by atoms with van der Waals surface area (Å²) in [5, 5.41) is 12.3. The van der Waals surface area contributed by atoms with Crippen molar-refractivity contribution < 1.29 is 14.7 Å². The third kappa shape index (κ3) is 3.95. The van der Waals surface area contributed by atoms with E-state index in [0.29, 0.717) is 19.0 Å². The summed E-state index contributed by atoms with van der Waals surface area (Å²) in [6.45, 7) is 4.90. The van der Waals surface area contributed by atoms with Gasteiger partial charge in [0.1, 0.15) is 0 Å². The van der Waals surface area contributed by atoms with Crippen LogP contribution in [0.15, 0.2) is 0 Å². The molecule has 114 valence electrons. The average Bonchev–Trinajstić information content (AvgIpc) is 2.87. The summed E-state index contributed by atoms with van der Waals surface area (Å²) in [5.41, 5.74) is 0. The number of hydrogen-bond donors (Lipinski definition) is 2. The monoisotopic (exact) mass is 282 g/mol.